The van der Waals surface area contributed by atoms with Crippen LogP contribution in [0.25, 0.3) is 0 Å². The third-order valence-electron chi connectivity index (χ3n) is 3.59. The minimum absolute atomic E-state index is 0.0523. The predicted molar refractivity (Wildman–Crippen MR) is 79.1 cm³/mol. The number of amides is 1. The first-order valence-corrected chi connectivity index (χ1v) is 7.40. The van der Waals surface area contributed by atoms with Gasteiger partial charge in [0.15, 0.2) is 0 Å². The number of nitrogens with two attached hydrogens (primary N) is 1. The van der Waals surface area contributed by atoms with Crippen molar-refractivity contribution in [1.29, 1.82) is 0 Å². The summed E-state index contributed by atoms with van der Waals surface area (Å²) in [6, 6.07) is 10.1. The molecule has 2 rings (SSSR count). The van der Waals surface area contributed by atoms with Crippen molar-refractivity contribution in [2.24, 2.45) is 11.7 Å². The first-order chi connectivity index (χ1) is 9.76. The van der Waals surface area contributed by atoms with Gasteiger partial charge in [0.25, 0.3) is 0 Å². The van der Waals surface area contributed by atoms with Gasteiger partial charge < -0.3 is 15.4 Å². The van der Waals surface area contributed by atoms with Crippen molar-refractivity contribution in [2.75, 3.05) is 19.7 Å². The van der Waals surface area contributed by atoms with Crippen LogP contribution in [0.15, 0.2) is 30.3 Å². The van der Waals surface area contributed by atoms with E-state index in [1.165, 1.54) is 0 Å². The molecule has 0 saturated heterocycles. The molecule has 2 N–H and O–H groups in total. The normalized spacial score (nSPS) is 20.7. The van der Waals surface area contributed by atoms with E-state index >= 15 is 0 Å². The quantitative estimate of drug-likeness (QED) is 0.787. The zero-order valence-electron chi connectivity index (χ0n) is 12.1. The van der Waals surface area contributed by atoms with Crippen molar-refractivity contribution >= 4 is 5.91 Å². The summed E-state index contributed by atoms with van der Waals surface area (Å²) in [5, 5.41) is 0. The molecule has 110 valence electrons. The molecule has 20 heavy (non-hydrogen) atoms. The summed E-state index contributed by atoms with van der Waals surface area (Å²) in [5.74, 6) is 0.261. The van der Waals surface area contributed by atoms with Gasteiger partial charge in [0, 0.05) is 19.7 Å². The van der Waals surface area contributed by atoms with Crippen LogP contribution in [0.3, 0.4) is 0 Å². The van der Waals surface area contributed by atoms with Crippen molar-refractivity contribution in [3.63, 3.8) is 0 Å². The average molecular weight is 276 g/mol. The van der Waals surface area contributed by atoms with Crippen LogP contribution >= 0.6 is 0 Å². The summed E-state index contributed by atoms with van der Waals surface area (Å²) in [4.78, 5) is 14.4. The maximum Gasteiger partial charge on any atom is 0.228 e. The zero-order chi connectivity index (χ0) is 14.4. The SMILES string of the molecule is CCOC1CC1C(=O)N(CCCN)Cc1ccccc1. The summed E-state index contributed by atoms with van der Waals surface area (Å²) in [6.45, 7) is 4.64. The highest BCUT2D eigenvalue weighted by Gasteiger charge is 2.45. The number of rotatable bonds is 8. The van der Waals surface area contributed by atoms with Crippen LogP contribution in [0, 0.1) is 5.92 Å². The van der Waals surface area contributed by atoms with Crippen molar-refractivity contribution in [3.05, 3.63) is 35.9 Å². The van der Waals surface area contributed by atoms with Gasteiger partial charge in [-0.1, -0.05) is 30.3 Å². The van der Waals surface area contributed by atoms with Gasteiger partial charge >= 0.3 is 0 Å². The lowest BCUT2D eigenvalue weighted by atomic mass is 10.2. The van der Waals surface area contributed by atoms with Gasteiger partial charge in [-0.05, 0) is 31.9 Å². The second-order valence-corrected chi connectivity index (χ2v) is 5.22. The Bertz CT molecular complexity index is 422. The van der Waals surface area contributed by atoms with Crippen LogP contribution in [0.4, 0.5) is 0 Å². The molecule has 4 nitrogen and oxygen atoms in total. The molecule has 1 aliphatic rings. The van der Waals surface area contributed by atoms with E-state index in [1.54, 1.807) is 0 Å². The van der Waals surface area contributed by atoms with E-state index in [9.17, 15) is 4.79 Å². The second kappa shape index (κ2) is 7.41. The Morgan fingerprint density at radius 2 is 2.15 bits per heavy atom. The van der Waals surface area contributed by atoms with Crippen LogP contribution in [0.5, 0.6) is 0 Å². The van der Waals surface area contributed by atoms with Crippen LogP contribution < -0.4 is 5.73 Å². The minimum atomic E-state index is 0.0523. The maximum atomic E-state index is 12.5. The van der Waals surface area contributed by atoms with Gasteiger partial charge in [0.2, 0.25) is 5.91 Å². The fraction of sp³-hybridized carbons (Fsp3) is 0.562. The third-order valence-corrected chi connectivity index (χ3v) is 3.59. The predicted octanol–water partition coefficient (Wildman–Crippen LogP) is 1.79. The number of carbonyl (C=O) groups excluding carboxylic acids is 1. The van der Waals surface area contributed by atoms with Gasteiger partial charge in [-0.15, -0.1) is 0 Å². The molecule has 1 fully saturated rings. The molecule has 1 aromatic carbocycles. The lowest BCUT2D eigenvalue weighted by Crippen LogP contribution is -2.34. The van der Waals surface area contributed by atoms with E-state index in [-0.39, 0.29) is 17.9 Å². The van der Waals surface area contributed by atoms with Crippen LogP contribution in [-0.2, 0) is 16.1 Å². The van der Waals surface area contributed by atoms with Crippen molar-refractivity contribution in [3.8, 4) is 0 Å². The van der Waals surface area contributed by atoms with Gasteiger partial charge in [0.1, 0.15) is 0 Å². The number of carbonyl (C=O) groups is 1. The molecular weight excluding hydrogens is 252 g/mol. The van der Waals surface area contributed by atoms with Gasteiger partial charge in [-0.2, -0.15) is 0 Å². The summed E-state index contributed by atoms with van der Waals surface area (Å²) in [7, 11) is 0. The van der Waals surface area contributed by atoms with E-state index in [1.807, 2.05) is 30.0 Å². The molecule has 0 radical (unpaired) electrons. The number of hydrogen-bond donors (Lipinski definition) is 1. The van der Waals surface area contributed by atoms with E-state index in [4.69, 9.17) is 10.5 Å². The van der Waals surface area contributed by atoms with Crippen molar-refractivity contribution < 1.29 is 9.53 Å². The molecule has 4 heteroatoms. The molecule has 0 spiro atoms. The molecule has 0 aromatic heterocycles. The first kappa shape index (κ1) is 15.0. The van der Waals surface area contributed by atoms with Gasteiger partial charge in [0.05, 0.1) is 12.0 Å². The molecule has 0 aliphatic heterocycles. The molecular formula is C16H24N2O2. The third kappa shape index (κ3) is 4.05. The number of ether oxygens (including phenoxy) is 1. The highest BCUT2D eigenvalue weighted by atomic mass is 16.5. The monoisotopic (exact) mass is 276 g/mol. The number of hydrogen-bond acceptors (Lipinski definition) is 3. The smallest absolute Gasteiger partial charge is 0.228 e. The summed E-state index contributed by atoms with van der Waals surface area (Å²) < 4.78 is 5.52. The van der Waals surface area contributed by atoms with E-state index in [0.29, 0.717) is 19.7 Å². The Labute approximate surface area is 120 Å². The molecule has 1 aliphatic carbocycles. The fourth-order valence-electron chi connectivity index (χ4n) is 2.42. The van der Waals surface area contributed by atoms with E-state index in [2.05, 4.69) is 12.1 Å². The Balaban J connectivity index is 1.95. The Morgan fingerprint density at radius 1 is 1.40 bits per heavy atom. The lowest BCUT2D eigenvalue weighted by molar-refractivity contribution is -0.134. The molecule has 0 heterocycles. The lowest BCUT2D eigenvalue weighted by Gasteiger charge is -2.23. The van der Waals surface area contributed by atoms with Crippen LogP contribution in [0.2, 0.25) is 0 Å². The van der Waals surface area contributed by atoms with Crippen molar-refractivity contribution in [1.82, 2.24) is 4.90 Å². The maximum absolute atomic E-state index is 12.5. The Kier molecular flexibility index (Phi) is 5.56. The average Bonchev–Trinajstić information content (AvgIpc) is 3.23. The van der Waals surface area contributed by atoms with Crippen molar-refractivity contribution in [2.45, 2.75) is 32.4 Å². The van der Waals surface area contributed by atoms with Gasteiger partial charge in [-0.25, -0.2) is 0 Å². The molecule has 1 amide bonds. The second-order valence-electron chi connectivity index (χ2n) is 5.22. The Morgan fingerprint density at radius 3 is 2.80 bits per heavy atom. The Hall–Kier alpha value is -1.39. The number of benzene rings is 1. The van der Waals surface area contributed by atoms with Crippen LogP contribution in [-0.4, -0.2) is 36.6 Å². The topological polar surface area (TPSA) is 55.6 Å². The molecule has 1 aromatic rings. The summed E-state index contributed by atoms with van der Waals surface area (Å²) in [5.41, 5.74) is 6.73. The first-order valence-electron chi connectivity index (χ1n) is 7.40. The summed E-state index contributed by atoms with van der Waals surface area (Å²) in [6.07, 6.45) is 1.83. The molecule has 2 unspecified atom stereocenters. The largest absolute Gasteiger partial charge is 0.378 e. The van der Waals surface area contributed by atoms with E-state index in [0.717, 1.165) is 24.9 Å². The highest BCUT2D eigenvalue weighted by Crippen LogP contribution is 2.35. The highest BCUT2D eigenvalue weighted by molar-refractivity contribution is 5.82. The zero-order valence-corrected chi connectivity index (χ0v) is 12.1. The standard InChI is InChI=1S/C16H24N2O2/c1-2-20-15-11-14(15)16(19)18(10-6-9-17)12-13-7-4-3-5-8-13/h3-5,7-8,14-15H,2,6,9-12,17H2,1H3. The molecule has 0 bridgehead atoms. The summed E-state index contributed by atoms with van der Waals surface area (Å²) >= 11 is 0. The molecule has 2 atom stereocenters. The molecule has 1 saturated carbocycles. The van der Waals surface area contributed by atoms with Crippen LogP contribution in [0.1, 0.15) is 25.3 Å². The van der Waals surface area contributed by atoms with E-state index < -0.39 is 0 Å². The fourth-order valence-corrected chi connectivity index (χ4v) is 2.42. The minimum Gasteiger partial charge on any atom is -0.378 e. The van der Waals surface area contributed by atoms with Gasteiger partial charge in [-0.3, -0.25) is 4.79 Å². The number of nitrogens with zero attached hydrogens (tertiary/aromatic N) is 1.